The Labute approximate surface area is 186 Å². The number of rotatable bonds is 11. The second-order valence-electron chi connectivity index (χ2n) is 6.66. The molecule has 148 valence electrons. The summed E-state index contributed by atoms with van der Waals surface area (Å²) >= 11 is 10.5. The lowest BCUT2D eigenvalue weighted by molar-refractivity contribution is 0.304. The maximum Gasteiger partial charge on any atom is 0.210 e. The molecule has 1 aromatic carbocycles. The summed E-state index contributed by atoms with van der Waals surface area (Å²) in [5.74, 6) is 0.952. The molecule has 3 nitrogen and oxygen atoms in total. The molecule has 0 aliphatic rings. The van der Waals surface area contributed by atoms with Gasteiger partial charge in [-0.15, -0.1) is 0 Å². The quantitative estimate of drug-likeness (QED) is 0.228. The number of nitrogens with one attached hydrogen (secondary N) is 1. The summed E-state index contributed by atoms with van der Waals surface area (Å²) in [6.07, 6.45) is 8.13. The molecule has 1 N–H and O–H groups in total. The number of H-pyrrole nitrogens is 1. The van der Waals surface area contributed by atoms with E-state index in [4.69, 9.17) is 4.74 Å². The molecule has 1 atom stereocenters. The van der Waals surface area contributed by atoms with Crippen molar-refractivity contribution in [3.8, 4) is 5.75 Å². The highest BCUT2D eigenvalue weighted by Crippen LogP contribution is 2.32. The number of para-hydroxylation sites is 1. The molecule has 2 rings (SSSR count). The minimum atomic E-state index is 0.00317. The Hall–Kier alpha value is -0.590. The molecule has 0 fully saturated rings. The molecule has 1 aromatic heterocycles. The first-order chi connectivity index (χ1) is 13.0. The minimum Gasteiger partial charge on any atom is -0.494 e. The van der Waals surface area contributed by atoms with E-state index < -0.39 is 0 Å². The van der Waals surface area contributed by atoms with Crippen molar-refractivity contribution in [2.45, 2.75) is 56.7 Å². The first-order valence-corrected chi connectivity index (χ1v) is 11.9. The van der Waals surface area contributed by atoms with E-state index in [0.29, 0.717) is 8.95 Å². The van der Waals surface area contributed by atoms with Gasteiger partial charge in [0, 0.05) is 11.4 Å². The summed E-state index contributed by atoms with van der Waals surface area (Å²) in [7, 11) is 0. The minimum absolute atomic E-state index is 0.00317. The molecule has 0 aliphatic carbocycles. The highest BCUT2D eigenvalue weighted by Gasteiger charge is 2.17. The predicted molar refractivity (Wildman–Crippen MR) is 123 cm³/mol. The largest absolute Gasteiger partial charge is 0.494 e. The molecule has 6 heteroatoms. The van der Waals surface area contributed by atoms with Gasteiger partial charge in [0.2, 0.25) is 5.43 Å². The van der Waals surface area contributed by atoms with Gasteiger partial charge in [-0.1, -0.05) is 66.2 Å². The highest BCUT2D eigenvalue weighted by atomic mass is 79.9. The second-order valence-corrected chi connectivity index (χ2v) is 9.35. The standard InChI is InChI=1S/C21H26Br3NO2/c1-15-18(23)21(26)19(24)20(25-15)17(22)13-9-4-2-3-5-10-14-27-16-11-7-6-8-12-16/h6-8,11-12,17H,2-5,9-10,13-14H2,1H3,(H,25,26). The normalized spacial score (nSPS) is 12.1. The molecule has 0 bridgehead atoms. The van der Waals surface area contributed by atoms with Crippen molar-refractivity contribution in [1.29, 1.82) is 0 Å². The fraction of sp³-hybridized carbons (Fsp3) is 0.476. The lowest BCUT2D eigenvalue weighted by atomic mass is 10.1. The van der Waals surface area contributed by atoms with Gasteiger partial charge in [-0.25, -0.2) is 0 Å². The number of hydrogen-bond acceptors (Lipinski definition) is 2. The van der Waals surface area contributed by atoms with Crippen LogP contribution in [0.5, 0.6) is 5.75 Å². The van der Waals surface area contributed by atoms with E-state index in [1.165, 1.54) is 25.7 Å². The van der Waals surface area contributed by atoms with Crippen LogP contribution in [0.4, 0.5) is 0 Å². The number of benzene rings is 1. The zero-order chi connectivity index (χ0) is 19.6. The van der Waals surface area contributed by atoms with Crippen LogP contribution in [0.15, 0.2) is 44.1 Å². The van der Waals surface area contributed by atoms with Crippen LogP contribution in [0.3, 0.4) is 0 Å². The van der Waals surface area contributed by atoms with Gasteiger partial charge < -0.3 is 9.72 Å². The summed E-state index contributed by atoms with van der Waals surface area (Å²) in [5.41, 5.74) is 1.79. The van der Waals surface area contributed by atoms with E-state index in [0.717, 1.165) is 43.0 Å². The molecule has 0 spiro atoms. The number of aromatic amines is 1. The average molecular weight is 564 g/mol. The Morgan fingerprint density at radius 3 is 2.30 bits per heavy atom. The van der Waals surface area contributed by atoms with E-state index >= 15 is 0 Å². The first kappa shape index (κ1) is 22.7. The van der Waals surface area contributed by atoms with Crippen LogP contribution in [-0.2, 0) is 0 Å². The van der Waals surface area contributed by atoms with Crippen molar-refractivity contribution in [3.63, 3.8) is 0 Å². The predicted octanol–water partition coefficient (Wildman–Crippen LogP) is 7.45. The Bertz CT molecular complexity index is 762. The van der Waals surface area contributed by atoms with Crippen molar-refractivity contribution in [2.24, 2.45) is 0 Å². The Morgan fingerprint density at radius 1 is 0.963 bits per heavy atom. The molecule has 0 amide bonds. The van der Waals surface area contributed by atoms with E-state index in [2.05, 4.69) is 52.8 Å². The molecule has 1 heterocycles. The third-order valence-electron chi connectivity index (χ3n) is 4.46. The van der Waals surface area contributed by atoms with Crippen LogP contribution in [-0.4, -0.2) is 11.6 Å². The molecule has 0 saturated carbocycles. The number of pyridine rings is 1. The van der Waals surface area contributed by atoms with Crippen LogP contribution < -0.4 is 10.2 Å². The fourth-order valence-electron chi connectivity index (χ4n) is 2.90. The fourth-order valence-corrected chi connectivity index (χ4v) is 5.01. The van der Waals surface area contributed by atoms with Crippen molar-refractivity contribution in [3.05, 3.63) is 60.9 Å². The summed E-state index contributed by atoms with van der Waals surface area (Å²) < 4.78 is 6.91. The monoisotopic (exact) mass is 561 g/mol. The molecular formula is C21H26Br3NO2. The van der Waals surface area contributed by atoms with Crippen LogP contribution in [0, 0.1) is 6.92 Å². The molecule has 0 radical (unpaired) electrons. The number of alkyl halides is 1. The lowest BCUT2D eigenvalue weighted by Crippen LogP contribution is -2.12. The maximum absolute atomic E-state index is 12.2. The number of aryl methyl sites for hydroxylation is 1. The Morgan fingerprint density at radius 2 is 1.59 bits per heavy atom. The molecule has 0 saturated heterocycles. The summed E-state index contributed by atoms with van der Waals surface area (Å²) in [4.78, 5) is 15.6. The summed E-state index contributed by atoms with van der Waals surface area (Å²) in [6, 6.07) is 9.98. The van der Waals surface area contributed by atoms with Gasteiger partial charge in [-0.2, -0.15) is 0 Å². The van der Waals surface area contributed by atoms with E-state index in [1.54, 1.807) is 0 Å². The van der Waals surface area contributed by atoms with Gasteiger partial charge in [0.1, 0.15) is 5.75 Å². The summed E-state index contributed by atoms with van der Waals surface area (Å²) in [5, 5.41) is 0. The smallest absolute Gasteiger partial charge is 0.210 e. The van der Waals surface area contributed by atoms with Crippen LogP contribution in [0.25, 0.3) is 0 Å². The van der Waals surface area contributed by atoms with Crippen molar-refractivity contribution in [1.82, 2.24) is 4.98 Å². The zero-order valence-corrected chi connectivity index (χ0v) is 20.3. The molecule has 27 heavy (non-hydrogen) atoms. The maximum atomic E-state index is 12.2. The zero-order valence-electron chi connectivity index (χ0n) is 15.6. The van der Waals surface area contributed by atoms with Crippen molar-refractivity contribution < 1.29 is 4.74 Å². The van der Waals surface area contributed by atoms with Gasteiger partial charge in [-0.3, -0.25) is 4.79 Å². The first-order valence-electron chi connectivity index (χ1n) is 9.40. The highest BCUT2D eigenvalue weighted by molar-refractivity contribution is 9.11. The molecule has 0 aliphatic heterocycles. The van der Waals surface area contributed by atoms with Gasteiger partial charge in [0.15, 0.2) is 0 Å². The number of aromatic nitrogens is 1. The molecular weight excluding hydrogens is 538 g/mol. The SMILES string of the molecule is Cc1[nH]c(C(Br)CCCCCCCCOc2ccccc2)c(Br)c(=O)c1Br. The van der Waals surface area contributed by atoms with E-state index in [9.17, 15) is 4.79 Å². The number of ether oxygens (including phenoxy) is 1. The van der Waals surface area contributed by atoms with E-state index in [1.807, 2.05) is 37.3 Å². The van der Waals surface area contributed by atoms with E-state index in [-0.39, 0.29) is 10.3 Å². The molecule has 2 aromatic rings. The third-order valence-corrected chi connectivity index (χ3v) is 7.12. The van der Waals surface area contributed by atoms with Gasteiger partial charge >= 0.3 is 0 Å². The number of hydrogen-bond donors (Lipinski definition) is 1. The van der Waals surface area contributed by atoms with Crippen LogP contribution in [0.1, 0.15) is 61.2 Å². The van der Waals surface area contributed by atoms with Crippen LogP contribution in [0.2, 0.25) is 0 Å². The number of unbranched alkanes of at least 4 members (excludes halogenated alkanes) is 5. The van der Waals surface area contributed by atoms with Crippen molar-refractivity contribution in [2.75, 3.05) is 6.61 Å². The van der Waals surface area contributed by atoms with Gasteiger partial charge in [0.05, 0.1) is 20.4 Å². The third kappa shape index (κ3) is 7.39. The number of halogens is 3. The molecule has 1 unspecified atom stereocenters. The van der Waals surface area contributed by atoms with Gasteiger partial charge in [-0.05, 0) is 63.8 Å². The summed E-state index contributed by atoms with van der Waals surface area (Å²) in [6.45, 7) is 2.69. The lowest BCUT2D eigenvalue weighted by Gasteiger charge is -2.14. The van der Waals surface area contributed by atoms with Gasteiger partial charge in [0.25, 0.3) is 0 Å². The van der Waals surface area contributed by atoms with Crippen molar-refractivity contribution >= 4 is 47.8 Å². The second kappa shape index (κ2) is 12.1. The average Bonchev–Trinajstić information content (AvgIpc) is 2.68. The van der Waals surface area contributed by atoms with Crippen LogP contribution >= 0.6 is 47.8 Å². The Kier molecular flexibility index (Phi) is 10.2. The topological polar surface area (TPSA) is 42.1 Å². The Balaban J connectivity index is 1.58.